The fourth-order valence-corrected chi connectivity index (χ4v) is 2.95. The van der Waals surface area contributed by atoms with Crippen LogP contribution >= 0.6 is 0 Å². The smallest absolute Gasteiger partial charge is 0.191 e. The van der Waals surface area contributed by atoms with E-state index in [1.807, 2.05) is 24.3 Å². The molecule has 27 heavy (non-hydrogen) atoms. The lowest BCUT2D eigenvalue weighted by molar-refractivity contribution is -0.0172. The molecule has 1 heterocycles. The molecule has 7 heteroatoms. The lowest BCUT2D eigenvalue weighted by Crippen LogP contribution is -2.37. The number of rotatable bonds is 6. The number of fused-ring (bicyclic) bond motifs is 1. The zero-order valence-corrected chi connectivity index (χ0v) is 15.5. The van der Waals surface area contributed by atoms with Gasteiger partial charge in [-0.1, -0.05) is 12.1 Å². The molecule has 0 saturated carbocycles. The molecule has 1 aliphatic heterocycles. The van der Waals surface area contributed by atoms with Crippen molar-refractivity contribution in [1.29, 1.82) is 0 Å². The Labute approximate surface area is 158 Å². The van der Waals surface area contributed by atoms with Crippen molar-refractivity contribution in [3.63, 3.8) is 0 Å². The van der Waals surface area contributed by atoms with Crippen molar-refractivity contribution in [2.24, 2.45) is 4.99 Å². The fourth-order valence-electron chi connectivity index (χ4n) is 2.95. The number of halogens is 1. The molecule has 6 nitrogen and oxygen atoms in total. The number of guanidine groups is 1. The van der Waals surface area contributed by atoms with Crippen LogP contribution in [-0.4, -0.2) is 33.5 Å². The third-order valence-corrected chi connectivity index (χ3v) is 4.26. The van der Waals surface area contributed by atoms with Crippen molar-refractivity contribution in [3.05, 3.63) is 58.9 Å². The standard InChI is InChI=1S/C20H24FN3O3/c1-22-20(24-11-14-4-3-5-18(8-14)25-2)23-7-6-15-9-17(21)10-16-12-26-13-27-19(15)16/h3-5,8-10H,6-7,11-13H2,1-2H3,(H2,22,23,24). The van der Waals surface area contributed by atoms with Gasteiger partial charge in [-0.3, -0.25) is 4.99 Å². The molecule has 0 bridgehead atoms. The first kappa shape index (κ1) is 19.0. The molecular formula is C20H24FN3O3. The van der Waals surface area contributed by atoms with Crippen LogP contribution in [0, 0.1) is 5.82 Å². The predicted octanol–water partition coefficient (Wildman–Crippen LogP) is 2.61. The molecule has 0 unspecified atom stereocenters. The largest absolute Gasteiger partial charge is 0.497 e. The maximum Gasteiger partial charge on any atom is 0.191 e. The minimum Gasteiger partial charge on any atom is -0.497 e. The van der Waals surface area contributed by atoms with Gasteiger partial charge in [-0.15, -0.1) is 0 Å². The van der Waals surface area contributed by atoms with E-state index in [4.69, 9.17) is 14.2 Å². The van der Waals surface area contributed by atoms with Crippen molar-refractivity contribution in [2.75, 3.05) is 27.5 Å². The highest BCUT2D eigenvalue weighted by molar-refractivity contribution is 5.79. The Balaban J connectivity index is 1.54. The van der Waals surface area contributed by atoms with Gasteiger partial charge in [-0.05, 0) is 41.8 Å². The van der Waals surface area contributed by atoms with Gasteiger partial charge in [-0.2, -0.15) is 0 Å². The quantitative estimate of drug-likeness (QED) is 0.602. The van der Waals surface area contributed by atoms with Crippen LogP contribution in [0.3, 0.4) is 0 Å². The van der Waals surface area contributed by atoms with E-state index in [1.165, 1.54) is 12.1 Å². The summed E-state index contributed by atoms with van der Waals surface area (Å²) in [5.41, 5.74) is 2.66. The molecule has 3 rings (SSSR count). The Kier molecular flexibility index (Phi) is 6.49. The van der Waals surface area contributed by atoms with Crippen LogP contribution < -0.4 is 20.1 Å². The van der Waals surface area contributed by atoms with E-state index < -0.39 is 0 Å². The van der Waals surface area contributed by atoms with E-state index in [-0.39, 0.29) is 12.6 Å². The van der Waals surface area contributed by atoms with Crippen LogP contribution in [0.4, 0.5) is 4.39 Å². The van der Waals surface area contributed by atoms with E-state index in [0.717, 1.165) is 28.2 Å². The Bertz CT molecular complexity index is 811. The highest BCUT2D eigenvalue weighted by Crippen LogP contribution is 2.29. The first-order chi connectivity index (χ1) is 13.2. The lowest BCUT2D eigenvalue weighted by Gasteiger charge is -2.21. The second-order valence-electron chi connectivity index (χ2n) is 6.12. The molecule has 2 N–H and O–H groups in total. The average molecular weight is 373 g/mol. The molecule has 0 aromatic heterocycles. The molecule has 0 saturated heterocycles. The molecule has 0 atom stereocenters. The van der Waals surface area contributed by atoms with E-state index in [1.54, 1.807) is 14.2 Å². The molecule has 2 aromatic carbocycles. The molecular weight excluding hydrogens is 349 g/mol. The van der Waals surface area contributed by atoms with E-state index in [9.17, 15) is 4.39 Å². The number of hydrogen-bond donors (Lipinski definition) is 2. The summed E-state index contributed by atoms with van der Waals surface area (Å²) in [7, 11) is 3.36. The summed E-state index contributed by atoms with van der Waals surface area (Å²) in [6.45, 7) is 1.78. The fraction of sp³-hybridized carbons (Fsp3) is 0.350. The second kappa shape index (κ2) is 9.23. The first-order valence-corrected chi connectivity index (χ1v) is 8.79. The van der Waals surface area contributed by atoms with Gasteiger partial charge in [0, 0.05) is 25.7 Å². The third-order valence-electron chi connectivity index (χ3n) is 4.26. The van der Waals surface area contributed by atoms with Crippen LogP contribution in [0.25, 0.3) is 0 Å². The number of nitrogens with one attached hydrogen (secondary N) is 2. The van der Waals surface area contributed by atoms with Crippen LogP contribution in [0.1, 0.15) is 16.7 Å². The highest BCUT2D eigenvalue weighted by atomic mass is 19.1. The van der Waals surface area contributed by atoms with Crippen molar-refractivity contribution in [1.82, 2.24) is 10.6 Å². The van der Waals surface area contributed by atoms with Crippen molar-refractivity contribution in [2.45, 2.75) is 19.6 Å². The number of methoxy groups -OCH3 is 1. The maximum absolute atomic E-state index is 13.8. The zero-order valence-electron chi connectivity index (χ0n) is 15.5. The first-order valence-electron chi connectivity index (χ1n) is 8.79. The normalized spacial score (nSPS) is 13.5. The molecule has 0 amide bonds. The summed E-state index contributed by atoms with van der Waals surface area (Å²) >= 11 is 0. The van der Waals surface area contributed by atoms with Crippen molar-refractivity contribution in [3.8, 4) is 11.5 Å². The van der Waals surface area contributed by atoms with Crippen LogP contribution in [0.15, 0.2) is 41.4 Å². The van der Waals surface area contributed by atoms with Crippen molar-refractivity contribution < 1.29 is 18.6 Å². The van der Waals surface area contributed by atoms with E-state index in [2.05, 4.69) is 15.6 Å². The van der Waals surface area contributed by atoms with Crippen molar-refractivity contribution >= 4 is 5.96 Å². The number of hydrogen-bond acceptors (Lipinski definition) is 4. The second-order valence-corrected chi connectivity index (χ2v) is 6.12. The maximum atomic E-state index is 13.8. The van der Waals surface area contributed by atoms with Gasteiger partial charge >= 0.3 is 0 Å². The lowest BCUT2D eigenvalue weighted by atomic mass is 10.1. The number of nitrogens with zero attached hydrogens (tertiary/aromatic N) is 1. The van der Waals surface area contributed by atoms with Crippen LogP contribution in [-0.2, 0) is 24.3 Å². The Morgan fingerprint density at radius 1 is 1.26 bits per heavy atom. The molecule has 144 valence electrons. The summed E-state index contributed by atoms with van der Waals surface area (Å²) in [4.78, 5) is 4.22. The molecule has 2 aromatic rings. The summed E-state index contributed by atoms with van der Waals surface area (Å²) in [5.74, 6) is 1.94. The van der Waals surface area contributed by atoms with Gasteiger partial charge in [0.15, 0.2) is 12.8 Å². The average Bonchev–Trinajstić information content (AvgIpc) is 2.70. The Morgan fingerprint density at radius 2 is 2.15 bits per heavy atom. The summed E-state index contributed by atoms with van der Waals surface area (Å²) in [5, 5.41) is 6.50. The predicted molar refractivity (Wildman–Crippen MR) is 102 cm³/mol. The van der Waals surface area contributed by atoms with Gasteiger partial charge in [0.2, 0.25) is 0 Å². The van der Waals surface area contributed by atoms with Gasteiger partial charge in [0.1, 0.15) is 17.3 Å². The third kappa shape index (κ3) is 5.10. The van der Waals surface area contributed by atoms with Gasteiger partial charge in [0.05, 0.1) is 13.7 Å². The van der Waals surface area contributed by atoms with E-state index in [0.29, 0.717) is 32.1 Å². The minimum atomic E-state index is -0.279. The highest BCUT2D eigenvalue weighted by Gasteiger charge is 2.16. The summed E-state index contributed by atoms with van der Waals surface area (Å²) in [6, 6.07) is 10.8. The monoisotopic (exact) mass is 373 g/mol. The van der Waals surface area contributed by atoms with Gasteiger partial charge < -0.3 is 24.8 Å². The zero-order chi connectivity index (χ0) is 19.1. The number of benzene rings is 2. The molecule has 0 aliphatic carbocycles. The van der Waals surface area contributed by atoms with Gasteiger partial charge in [-0.25, -0.2) is 4.39 Å². The minimum absolute atomic E-state index is 0.197. The number of aliphatic imine (C=N–C) groups is 1. The Hall–Kier alpha value is -2.80. The molecule has 0 radical (unpaired) electrons. The topological polar surface area (TPSA) is 64.1 Å². The summed E-state index contributed by atoms with van der Waals surface area (Å²) in [6.07, 6.45) is 0.611. The van der Waals surface area contributed by atoms with Crippen LogP contribution in [0.5, 0.6) is 11.5 Å². The molecule has 1 aliphatic rings. The molecule has 0 spiro atoms. The summed E-state index contributed by atoms with van der Waals surface area (Å²) < 4.78 is 29.8. The number of ether oxygens (including phenoxy) is 3. The Morgan fingerprint density at radius 3 is 2.96 bits per heavy atom. The molecule has 0 fully saturated rings. The van der Waals surface area contributed by atoms with E-state index >= 15 is 0 Å². The SMILES string of the molecule is CN=C(NCCc1cc(F)cc2c1OCOC2)NCc1cccc(OC)c1. The van der Waals surface area contributed by atoms with Gasteiger partial charge in [0.25, 0.3) is 0 Å². The van der Waals surface area contributed by atoms with Crippen LogP contribution in [0.2, 0.25) is 0 Å².